The summed E-state index contributed by atoms with van der Waals surface area (Å²) < 4.78 is 0. The first-order valence-electron chi connectivity index (χ1n) is 5.89. The molecule has 1 N–H and O–H groups in total. The fourth-order valence-corrected chi connectivity index (χ4v) is 1.93. The SMILES string of the molecule is O=C(Nc1ccccc1[N+](=O)[O-])c1cc([N+](=O)[O-])ccc1Cl. The lowest BCUT2D eigenvalue weighted by atomic mass is 10.1. The Morgan fingerprint density at radius 1 is 1.05 bits per heavy atom. The Morgan fingerprint density at radius 2 is 1.73 bits per heavy atom. The Hall–Kier alpha value is -3.00. The molecule has 0 aliphatic heterocycles. The van der Waals surface area contributed by atoms with Gasteiger partial charge < -0.3 is 5.32 Å². The highest BCUT2D eigenvalue weighted by molar-refractivity contribution is 6.34. The number of amides is 1. The van der Waals surface area contributed by atoms with Gasteiger partial charge in [0.05, 0.1) is 20.4 Å². The van der Waals surface area contributed by atoms with Crippen LogP contribution in [-0.4, -0.2) is 15.8 Å². The lowest BCUT2D eigenvalue weighted by Gasteiger charge is -2.07. The molecule has 0 heterocycles. The van der Waals surface area contributed by atoms with Gasteiger partial charge in [0.25, 0.3) is 17.3 Å². The summed E-state index contributed by atoms with van der Waals surface area (Å²) >= 11 is 5.85. The summed E-state index contributed by atoms with van der Waals surface area (Å²) in [4.78, 5) is 32.4. The first-order chi connectivity index (χ1) is 10.4. The van der Waals surface area contributed by atoms with Crippen LogP contribution in [0.15, 0.2) is 42.5 Å². The van der Waals surface area contributed by atoms with Crippen LogP contribution in [-0.2, 0) is 0 Å². The third-order valence-electron chi connectivity index (χ3n) is 2.75. The van der Waals surface area contributed by atoms with Crippen molar-refractivity contribution in [2.75, 3.05) is 5.32 Å². The molecule has 0 unspecified atom stereocenters. The van der Waals surface area contributed by atoms with Crippen molar-refractivity contribution in [3.8, 4) is 0 Å². The van der Waals surface area contributed by atoms with E-state index in [1.807, 2.05) is 0 Å². The number of nitrogens with one attached hydrogen (secondary N) is 1. The first-order valence-corrected chi connectivity index (χ1v) is 6.26. The number of hydrogen-bond acceptors (Lipinski definition) is 5. The van der Waals surface area contributed by atoms with Gasteiger partial charge in [-0.15, -0.1) is 0 Å². The number of non-ortho nitro benzene ring substituents is 1. The molecule has 8 nitrogen and oxygen atoms in total. The van der Waals surface area contributed by atoms with Gasteiger partial charge in [-0.2, -0.15) is 0 Å². The van der Waals surface area contributed by atoms with Gasteiger partial charge in [-0.25, -0.2) is 0 Å². The summed E-state index contributed by atoms with van der Waals surface area (Å²) in [6.45, 7) is 0. The molecule has 1 amide bonds. The van der Waals surface area contributed by atoms with Gasteiger partial charge in [-0.3, -0.25) is 25.0 Å². The molecule has 2 aromatic carbocycles. The zero-order chi connectivity index (χ0) is 16.3. The number of halogens is 1. The van der Waals surface area contributed by atoms with E-state index in [0.29, 0.717) is 0 Å². The maximum Gasteiger partial charge on any atom is 0.292 e. The molecule has 2 rings (SSSR count). The van der Waals surface area contributed by atoms with Crippen LogP contribution >= 0.6 is 11.6 Å². The monoisotopic (exact) mass is 321 g/mol. The lowest BCUT2D eigenvalue weighted by molar-refractivity contribution is -0.384. The van der Waals surface area contributed by atoms with E-state index >= 15 is 0 Å². The summed E-state index contributed by atoms with van der Waals surface area (Å²) in [7, 11) is 0. The quantitative estimate of drug-likeness (QED) is 0.684. The third-order valence-corrected chi connectivity index (χ3v) is 3.08. The van der Waals surface area contributed by atoms with Crippen LogP contribution in [0.25, 0.3) is 0 Å². The highest BCUT2D eigenvalue weighted by atomic mass is 35.5. The maximum absolute atomic E-state index is 12.1. The van der Waals surface area contributed by atoms with Crippen molar-refractivity contribution >= 4 is 34.6 Å². The van der Waals surface area contributed by atoms with E-state index in [1.54, 1.807) is 0 Å². The second-order valence-electron chi connectivity index (χ2n) is 4.15. The number of nitrogens with zero attached hydrogens (tertiary/aromatic N) is 2. The number of anilines is 1. The molecule has 0 aromatic heterocycles. The predicted octanol–water partition coefficient (Wildman–Crippen LogP) is 3.41. The van der Waals surface area contributed by atoms with E-state index < -0.39 is 15.8 Å². The summed E-state index contributed by atoms with van der Waals surface area (Å²) in [6.07, 6.45) is 0. The van der Waals surface area contributed by atoms with Crippen LogP contribution < -0.4 is 5.32 Å². The van der Waals surface area contributed by atoms with E-state index in [1.165, 1.54) is 30.3 Å². The van der Waals surface area contributed by atoms with Crippen molar-refractivity contribution in [1.82, 2.24) is 0 Å². The molecule has 9 heteroatoms. The van der Waals surface area contributed by atoms with Crippen LogP contribution in [0, 0.1) is 20.2 Å². The minimum atomic E-state index is -0.775. The number of benzene rings is 2. The number of carbonyl (C=O) groups is 1. The van der Waals surface area contributed by atoms with Gasteiger partial charge in [-0.05, 0) is 12.1 Å². The van der Waals surface area contributed by atoms with Crippen molar-refractivity contribution in [3.05, 3.63) is 73.3 Å². The standard InChI is InChI=1S/C13H8ClN3O5/c14-10-6-5-8(16(19)20)7-9(10)13(18)15-11-3-1-2-4-12(11)17(21)22/h1-7H,(H,15,18). The van der Waals surface area contributed by atoms with E-state index in [-0.39, 0.29) is 27.6 Å². The first kappa shape index (κ1) is 15.4. The van der Waals surface area contributed by atoms with E-state index in [4.69, 9.17) is 11.6 Å². The van der Waals surface area contributed by atoms with E-state index in [2.05, 4.69) is 5.32 Å². The minimum Gasteiger partial charge on any atom is -0.316 e. The molecular formula is C13H8ClN3O5. The molecule has 0 aliphatic rings. The second-order valence-corrected chi connectivity index (χ2v) is 4.56. The molecule has 2 aromatic rings. The molecule has 0 saturated carbocycles. The van der Waals surface area contributed by atoms with Crippen molar-refractivity contribution in [3.63, 3.8) is 0 Å². The van der Waals surface area contributed by atoms with Gasteiger partial charge in [0.2, 0.25) is 0 Å². The fraction of sp³-hybridized carbons (Fsp3) is 0. The Kier molecular flexibility index (Phi) is 4.33. The fourth-order valence-electron chi connectivity index (χ4n) is 1.73. The Bertz CT molecular complexity index is 778. The number of nitro groups is 2. The van der Waals surface area contributed by atoms with Gasteiger partial charge in [0.15, 0.2) is 0 Å². The predicted molar refractivity (Wildman–Crippen MR) is 79.2 cm³/mol. The van der Waals surface area contributed by atoms with Crippen LogP contribution in [0.4, 0.5) is 17.1 Å². The lowest BCUT2D eigenvalue weighted by Crippen LogP contribution is -2.14. The van der Waals surface area contributed by atoms with Gasteiger partial charge in [0.1, 0.15) is 5.69 Å². The molecule has 0 saturated heterocycles. The summed E-state index contributed by atoms with van der Waals surface area (Å²) in [5.41, 5.74) is -0.774. The number of para-hydroxylation sites is 2. The smallest absolute Gasteiger partial charge is 0.292 e. The molecule has 112 valence electrons. The Morgan fingerprint density at radius 3 is 2.36 bits per heavy atom. The largest absolute Gasteiger partial charge is 0.316 e. The van der Waals surface area contributed by atoms with Crippen LogP contribution in [0.3, 0.4) is 0 Å². The molecule has 22 heavy (non-hydrogen) atoms. The van der Waals surface area contributed by atoms with Crippen LogP contribution in [0.5, 0.6) is 0 Å². The van der Waals surface area contributed by atoms with E-state index in [9.17, 15) is 25.0 Å². The average molecular weight is 322 g/mol. The number of carbonyl (C=O) groups excluding carboxylic acids is 1. The van der Waals surface area contributed by atoms with E-state index in [0.717, 1.165) is 12.1 Å². The molecule has 0 bridgehead atoms. The molecule has 0 atom stereocenters. The van der Waals surface area contributed by atoms with Gasteiger partial charge in [-0.1, -0.05) is 23.7 Å². The normalized spacial score (nSPS) is 10.0. The molecular weight excluding hydrogens is 314 g/mol. The third kappa shape index (κ3) is 3.18. The summed E-state index contributed by atoms with van der Waals surface area (Å²) in [5, 5.41) is 23.9. The second kappa shape index (κ2) is 6.19. The highest BCUT2D eigenvalue weighted by Gasteiger charge is 2.19. The van der Waals surface area contributed by atoms with Crippen molar-refractivity contribution in [2.45, 2.75) is 0 Å². The molecule has 0 fully saturated rings. The number of rotatable bonds is 4. The molecule has 0 spiro atoms. The van der Waals surface area contributed by atoms with Gasteiger partial charge >= 0.3 is 0 Å². The number of hydrogen-bond donors (Lipinski definition) is 1. The van der Waals surface area contributed by atoms with Crippen LogP contribution in [0.1, 0.15) is 10.4 Å². The van der Waals surface area contributed by atoms with Crippen molar-refractivity contribution in [2.24, 2.45) is 0 Å². The van der Waals surface area contributed by atoms with Crippen molar-refractivity contribution in [1.29, 1.82) is 0 Å². The zero-order valence-corrected chi connectivity index (χ0v) is 11.6. The zero-order valence-electron chi connectivity index (χ0n) is 10.9. The molecule has 0 aliphatic carbocycles. The topological polar surface area (TPSA) is 115 Å². The van der Waals surface area contributed by atoms with Crippen LogP contribution in [0.2, 0.25) is 5.02 Å². The Labute approximate surface area is 128 Å². The Balaban J connectivity index is 2.36. The average Bonchev–Trinajstić information content (AvgIpc) is 2.47. The number of nitro benzene ring substituents is 2. The van der Waals surface area contributed by atoms with Gasteiger partial charge in [0, 0.05) is 18.2 Å². The maximum atomic E-state index is 12.1. The summed E-state index contributed by atoms with van der Waals surface area (Å²) in [5.74, 6) is -0.775. The minimum absolute atomic E-state index is 0.00156. The molecule has 0 radical (unpaired) electrons. The van der Waals surface area contributed by atoms with Crippen molar-refractivity contribution < 1.29 is 14.6 Å². The highest BCUT2D eigenvalue weighted by Crippen LogP contribution is 2.26. The summed E-state index contributed by atoms with van der Waals surface area (Å²) in [6, 6.07) is 8.92.